The first-order valence-electron chi connectivity index (χ1n) is 5.08. The van der Waals surface area contributed by atoms with E-state index in [1.807, 2.05) is 31.2 Å². The number of hydrogen-bond donors (Lipinski definition) is 0. The van der Waals surface area contributed by atoms with Crippen LogP contribution in [-0.2, 0) is 4.79 Å². The molecular formula is C12H14NO. The first-order valence-corrected chi connectivity index (χ1v) is 5.08. The molecule has 0 aliphatic heterocycles. The maximum Gasteiger partial charge on any atom is 0.249 e. The Morgan fingerprint density at radius 2 is 1.93 bits per heavy atom. The molecule has 14 heavy (non-hydrogen) atoms. The van der Waals surface area contributed by atoms with Crippen LogP contribution in [-0.4, -0.2) is 5.91 Å². The van der Waals surface area contributed by atoms with E-state index in [0.29, 0.717) is 0 Å². The molecule has 0 N–H and O–H groups in total. The van der Waals surface area contributed by atoms with Crippen molar-refractivity contribution in [3.05, 3.63) is 29.8 Å². The highest BCUT2D eigenvalue weighted by molar-refractivity contribution is 5.83. The molecule has 1 fully saturated rings. The fraction of sp³-hybridized carbons (Fsp3) is 0.417. The maximum absolute atomic E-state index is 11.5. The van der Waals surface area contributed by atoms with Gasteiger partial charge in [0.1, 0.15) is 0 Å². The van der Waals surface area contributed by atoms with Gasteiger partial charge in [-0.2, -0.15) is 0 Å². The van der Waals surface area contributed by atoms with Crippen LogP contribution in [0.5, 0.6) is 0 Å². The van der Waals surface area contributed by atoms with Crippen LogP contribution in [0.25, 0.3) is 0 Å². The molecule has 0 unspecified atom stereocenters. The number of benzene rings is 1. The van der Waals surface area contributed by atoms with Gasteiger partial charge in [0.25, 0.3) is 0 Å². The van der Waals surface area contributed by atoms with E-state index in [2.05, 4.69) is 5.32 Å². The van der Waals surface area contributed by atoms with Crippen molar-refractivity contribution in [3.63, 3.8) is 0 Å². The number of hydrogen-bond acceptors (Lipinski definition) is 1. The highest BCUT2D eigenvalue weighted by Gasteiger charge is 2.26. The van der Waals surface area contributed by atoms with Crippen molar-refractivity contribution in [2.45, 2.75) is 26.2 Å². The van der Waals surface area contributed by atoms with E-state index in [-0.39, 0.29) is 11.8 Å². The molecule has 0 heterocycles. The van der Waals surface area contributed by atoms with Gasteiger partial charge < -0.3 is 0 Å². The number of aryl methyl sites for hydroxylation is 1. The molecule has 1 saturated carbocycles. The Kier molecular flexibility index (Phi) is 2.53. The lowest BCUT2D eigenvalue weighted by Gasteiger charge is -2.22. The Hall–Kier alpha value is -1.31. The van der Waals surface area contributed by atoms with Crippen LogP contribution in [0.15, 0.2) is 24.3 Å². The van der Waals surface area contributed by atoms with Gasteiger partial charge in [0.05, 0.1) is 5.69 Å². The Morgan fingerprint density at radius 1 is 1.29 bits per heavy atom. The third kappa shape index (κ3) is 1.95. The van der Waals surface area contributed by atoms with Gasteiger partial charge in [0.15, 0.2) is 0 Å². The third-order valence-corrected chi connectivity index (χ3v) is 2.73. The molecule has 0 atom stereocenters. The second-order valence-electron chi connectivity index (χ2n) is 3.91. The highest BCUT2D eigenvalue weighted by Crippen LogP contribution is 2.27. The number of carbonyl (C=O) groups excluding carboxylic acids is 1. The maximum atomic E-state index is 11.5. The predicted molar refractivity (Wildman–Crippen MR) is 55.3 cm³/mol. The van der Waals surface area contributed by atoms with Gasteiger partial charge in [0.2, 0.25) is 5.91 Å². The summed E-state index contributed by atoms with van der Waals surface area (Å²) in [7, 11) is 0. The van der Waals surface area contributed by atoms with Crippen molar-refractivity contribution in [2.75, 3.05) is 0 Å². The SMILES string of the molecule is Cc1ccc([N]C(=O)C2CCC2)cc1. The minimum atomic E-state index is 0.0557. The van der Waals surface area contributed by atoms with Crippen molar-refractivity contribution in [3.8, 4) is 0 Å². The normalized spacial score (nSPS) is 16.1. The van der Waals surface area contributed by atoms with E-state index in [4.69, 9.17) is 0 Å². The van der Waals surface area contributed by atoms with Crippen LogP contribution in [0, 0.1) is 12.8 Å². The molecule has 2 rings (SSSR count). The fourth-order valence-electron chi connectivity index (χ4n) is 1.49. The van der Waals surface area contributed by atoms with E-state index >= 15 is 0 Å². The molecule has 73 valence electrons. The van der Waals surface area contributed by atoms with Gasteiger partial charge in [0, 0.05) is 5.92 Å². The third-order valence-electron chi connectivity index (χ3n) is 2.73. The summed E-state index contributed by atoms with van der Waals surface area (Å²) in [5.41, 5.74) is 1.98. The largest absolute Gasteiger partial charge is 0.272 e. The second-order valence-corrected chi connectivity index (χ2v) is 3.91. The number of nitrogens with zero attached hydrogens (tertiary/aromatic N) is 1. The van der Waals surface area contributed by atoms with Crippen molar-refractivity contribution in [1.29, 1.82) is 0 Å². The Bertz CT molecular complexity index is 325. The van der Waals surface area contributed by atoms with Gasteiger partial charge in [-0.3, -0.25) is 4.79 Å². The van der Waals surface area contributed by atoms with Crippen LogP contribution in [0.3, 0.4) is 0 Å². The van der Waals surface area contributed by atoms with E-state index in [0.717, 1.165) is 18.5 Å². The summed E-state index contributed by atoms with van der Waals surface area (Å²) in [4.78, 5) is 11.5. The molecule has 1 aromatic carbocycles. The van der Waals surface area contributed by atoms with Crippen LogP contribution in [0.2, 0.25) is 0 Å². The average molecular weight is 188 g/mol. The molecule has 0 bridgehead atoms. The minimum absolute atomic E-state index is 0.0557. The topological polar surface area (TPSA) is 31.2 Å². The zero-order chi connectivity index (χ0) is 9.97. The first-order chi connectivity index (χ1) is 6.75. The number of amides is 1. The number of rotatable bonds is 2. The van der Waals surface area contributed by atoms with Gasteiger partial charge in [-0.05, 0) is 31.9 Å². The lowest BCUT2D eigenvalue weighted by Crippen LogP contribution is -2.27. The van der Waals surface area contributed by atoms with Crippen LogP contribution < -0.4 is 5.32 Å². The smallest absolute Gasteiger partial charge is 0.249 e. The van der Waals surface area contributed by atoms with E-state index in [1.54, 1.807) is 0 Å². The first kappa shape index (κ1) is 9.25. The highest BCUT2D eigenvalue weighted by atomic mass is 16.1. The minimum Gasteiger partial charge on any atom is -0.272 e. The quantitative estimate of drug-likeness (QED) is 0.701. The van der Waals surface area contributed by atoms with E-state index < -0.39 is 0 Å². The van der Waals surface area contributed by atoms with Gasteiger partial charge >= 0.3 is 0 Å². The zero-order valence-electron chi connectivity index (χ0n) is 8.36. The van der Waals surface area contributed by atoms with Crippen molar-refractivity contribution in [1.82, 2.24) is 5.32 Å². The Balaban J connectivity index is 1.96. The summed E-state index contributed by atoms with van der Waals surface area (Å²) >= 11 is 0. The van der Waals surface area contributed by atoms with E-state index in [9.17, 15) is 4.79 Å². The van der Waals surface area contributed by atoms with Gasteiger partial charge in [-0.15, -0.1) is 0 Å². The molecule has 2 nitrogen and oxygen atoms in total. The summed E-state index contributed by atoms with van der Waals surface area (Å²) < 4.78 is 0. The standard InChI is InChI=1S/C12H14NO/c1-9-5-7-11(8-6-9)13-12(14)10-3-2-4-10/h5-8,10H,2-4H2,1H3. The molecule has 1 amide bonds. The molecule has 0 aromatic heterocycles. The van der Waals surface area contributed by atoms with E-state index in [1.165, 1.54) is 12.0 Å². The summed E-state index contributed by atoms with van der Waals surface area (Å²) in [6.45, 7) is 2.03. The van der Waals surface area contributed by atoms with Crippen LogP contribution in [0.1, 0.15) is 24.8 Å². The molecule has 1 aliphatic carbocycles. The van der Waals surface area contributed by atoms with Crippen LogP contribution >= 0.6 is 0 Å². The average Bonchev–Trinajstić information content (AvgIpc) is 2.06. The zero-order valence-corrected chi connectivity index (χ0v) is 8.36. The number of carbonyl (C=O) groups is 1. The van der Waals surface area contributed by atoms with Crippen molar-refractivity contribution in [2.24, 2.45) is 5.92 Å². The summed E-state index contributed by atoms with van der Waals surface area (Å²) in [5, 5.41) is 4.08. The molecule has 1 aromatic rings. The molecule has 0 saturated heterocycles. The van der Waals surface area contributed by atoms with Gasteiger partial charge in [-0.25, -0.2) is 5.32 Å². The summed E-state index contributed by atoms with van der Waals surface area (Å²) in [6.07, 6.45) is 3.22. The van der Waals surface area contributed by atoms with Crippen molar-refractivity contribution >= 4 is 11.6 Å². The molecule has 0 spiro atoms. The van der Waals surface area contributed by atoms with Crippen molar-refractivity contribution < 1.29 is 4.79 Å². The monoisotopic (exact) mass is 188 g/mol. The van der Waals surface area contributed by atoms with Gasteiger partial charge in [-0.1, -0.05) is 24.1 Å². The lowest BCUT2D eigenvalue weighted by molar-refractivity contribution is -0.126. The molecular weight excluding hydrogens is 174 g/mol. The molecule has 1 aliphatic rings. The molecule has 2 heteroatoms. The molecule has 1 radical (unpaired) electrons. The Morgan fingerprint density at radius 3 is 2.43 bits per heavy atom. The fourth-order valence-corrected chi connectivity index (χ4v) is 1.49. The summed E-state index contributed by atoms with van der Waals surface area (Å²) in [6, 6.07) is 7.75. The summed E-state index contributed by atoms with van der Waals surface area (Å²) in [5.74, 6) is 0.261. The second kappa shape index (κ2) is 3.82. The van der Waals surface area contributed by atoms with Crippen LogP contribution in [0.4, 0.5) is 5.69 Å². The Labute approximate surface area is 84.3 Å². The lowest BCUT2D eigenvalue weighted by atomic mass is 9.85. The predicted octanol–water partition coefficient (Wildman–Crippen LogP) is 2.56.